The normalized spacial score (nSPS) is 10.9. The Hall–Kier alpha value is -1.88. The van der Waals surface area contributed by atoms with E-state index in [-0.39, 0.29) is 11.8 Å². The number of nitrogens with zero attached hydrogens (tertiary/aromatic N) is 3. The van der Waals surface area contributed by atoms with E-state index in [2.05, 4.69) is 15.4 Å². The van der Waals surface area contributed by atoms with Crippen molar-refractivity contribution in [3.8, 4) is 0 Å². The smallest absolute Gasteiger partial charge is 0.255 e. The van der Waals surface area contributed by atoms with Crippen molar-refractivity contribution in [2.45, 2.75) is 26.7 Å². The fourth-order valence-corrected chi connectivity index (χ4v) is 2.08. The van der Waals surface area contributed by atoms with Gasteiger partial charge in [0.1, 0.15) is 5.15 Å². The molecule has 2 aromatic heterocycles. The van der Waals surface area contributed by atoms with Crippen molar-refractivity contribution in [3.63, 3.8) is 0 Å². The lowest BCUT2D eigenvalue weighted by atomic mass is 10.1. The average molecular weight is 293 g/mol. The van der Waals surface area contributed by atoms with Crippen LogP contribution in [0.3, 0.4) is 0 Å². The second-order valence-corrected chi connectivity index (χ2v) is 5.40. The van der Waals surface area contributed by atoms with Crippen LogP contribution in [0.2, 0.25) is 5.15 Å². The van der Waals surface area contributed by atoms with Gasteiger partial charge in [-0.25, -0.2) is 4.98 Å². The zero-order chi connectivity index (χ0) is 14.9. The van der Waals surface area contributed by atoms with Gasteiger partial charge in [0.05, 0.1) is 11.4 Å². The van der Waals surface area contributed by atoms with E-state index >= 15 is 0 Å². The molecule has 2 aromatic rings. The highest BCUT2D eigenvalue weighted by molar-refractivity contribution is 6.29. The molecule has 0 aromatic carbocycles. The Bertz CT molecular complexity index is 649. The van der Waals surface area contributed by atoms with Crippen LogP contribution in [-0.4, -0.2) is 20.7 Å². The summed E-state index contributed by atoms with van der Waals surface area (Å²) < 4.78 is 1.66. The van der Waals surface area contributed by atoms with Crippen LogP contribution < -0.4 is 5.32 Å². The van der Waals surface area contributed by atoms with Gasteiger partial charge in [-0.1, -0.05) is 25.4 Å². The second-order valence-electron chi connectivity index (χ2n) is 5.01. The quantitative estimate of drug-likeness (QED) is 0.884. The van der Waals surface area contributed by atoms with Gasteiger partial charge in [0.2, 0.25) is 0 Å². The summed E-state index contributed by atoms with van der Waals surface area (Å²) in [6, 6.07) is 3.33. The standard InChI is InChI=1S/C14H17ClN4O/c1-8(2)11-5-10(6-13(15)16-11)14(20)17-12-7-19(4)18-9(12)3/h5-8H,1-4H3,(H,17,20). The highest BCUT2D eigenvalue weighted by atomic mass is 35.5. The van der Waals surface area contributed by atoms with Crippen LogP contribution in [0, 0.1) is 6.92 Å². The van der Waals surface area contributed by atoms with E-state index in [4.69, 9.17) is 11.6 Å². The molecule has 6 heteroatoms. The monoisotopic (exact) mass is 292 g/mol. The van der Waals surface area contributed by atoms with Crippen LogP contribution in [0.4, 0.5) is 5.69 Å². The topological polar surface area (TPSA) is 59.8 Å². The first-order valence-corrected chi connectivity index (χ1v) is 6.73. The van der Waals surface area contributed by atoms with Gasteiger partial charge in [-0.15, -0.1) is 0 Å². The van der Waals surface area contributed by atoms with Crippen molar-refractivity contribution in [3.05, 3.63) is 40.4 Å². The maximum atomic E-state index is 12.3. The van der Waals surface area contributed by atoms with Gasteiger partial charge in [-0.2, -0.15) is 5.10 Å². The number of hydrogen-bond acceptors (Lipinski definition) is 3. The van der Waals surface area contributed by atoms with Crippen LogP contribution in [-0.2, 0) is 7.05 Å². The van der Waals surface area contributed by atoms with E-state index in [1.807, 2.05) is 27.8 Å². The lowest BCUT2D eigenvalue weighted by Gasteiger charge is -2.08. The number of hydrogen-bond donors (Lipinski definition) is 1. The SMILES string of the molecule is Cc1nn(C)cc1NC(=O)c1cc(Cl)nc(C(C)C)c1. The molecule has 106 valence electrons. The first-order chi connectivity index (χ1) is 9.36. The Morgan fingerprint density at radius 2 is 2.10 bits per heavy atom. The van der Waals surface area contributed by atoms with Gasteiger partial charge >= 0.3 is 0 Å². The fraction of sp³-hybridized carbons (Fsp3) is 0.357. The number of aromatic nitrogens is 3. The zero-order valence-electron chi connectivity index (χ0n) is 11.9. The number of amides is 1. The fourth-order valence-electron chi connectivity index (χ4n) is 1.86. The van der Waals surface area contributed by atoms with Crippen LogP contribution in [0.25, 0.3) is 0 Å². The van der Waals surface area contributed by atoms with Crippen molar-refractivity contribution in [2.24, 2.45) is 7.05 Å². The highest BCUT2D eigenvalue weighted by Crippen LogP contribution is 2.19. The molecular formula is C14H17ClN4O. The molecule has 5 nitrogen and oxygen atoms in total. The predicted molar refractivity (Wildman–Crippen MR) is 79.2 cm³/mol. The van der Waals surface area contributed by atoms with Crippen LogP contribution in [0.15, 0.2) is 18.3 Å². The van der Waals surface area contributed by atoms with Crippen molar-refractivity contribution < 1.29 is 4.79 Å². The summed E-state index contributed by atoms with van der Waals surface area (Å²) in [6.45, 7) is 5.85. The Morgan fingerprint density at radius 3 is 2.65 bits per heavy atom. The molecule has 0 unspecified atom stereocenters. The van der Waals surface area contributed by atoms with E-state index in [0.717, 1.165) is 11.4 Å². The summed E-state index contributed by atoms with van der Waals surface area (Å²) in [5.74, 6) is -0.00678. The molecule has 0 fully saturated rings. The van der Waals surface area contributed by atoms with Gasteiger partial charge in [0, 0.05) is 24.5 Å². The number of anilines is 1. The molecule has 1 amide bonds. The van der Waals surface area contributed by atoms with Gasteiger partial charge in [-0.05, 0) is 25.0 Å². The largest absolute Gasteiger partial charge is 0.319 e. The second kappa shape index (κ2) is 5.63. The van der Waals surface area contributed by atoms with Gasteiger partial charge in [0.25, 0.3) is 5.91 Å². The molecule has 0 saturated carbocycles. The molecule has 0 saturated heterocycles. The van der Waals surface area contributed by atoms with Gasteiger partial charge < -0.3 is 5.32 Å². The minimum atomic E-state index is -0.215. The molecule has 0 spiro atoms. The van der Waals surface area contributed by atoms with Crippen molar-refractivity contribution in [1.82, 2.24) is 14.8 Å². The molecule has 0 aliphatic rings. The van der Waals surface area contributed by atoms with E-state index in [1.165, 1.54) is 0 Å². The van der Waals surface area contributed by atoms with Gasteiger partial charge in [-0.3, -0.25) is 9.48 Å². The maximum Gasteiger partial charge on any atom is 0.255 e. The maximum absolute atomic E-state index is 12.3. The Balaban J connectivity index is 2.27. The summed E-state index contributed by atoms with van der Waals surface area (Å²) in [4.78, 5) is 16.5. The number of halogens is 1. The number of rotatable bonds is 3. The first-order valence-electron chi connectivity index (χ1n) is 6.36. The van der Waals surface area contributed by atoms with E-state index < -0.39 is 0 Å². The minimum Gasteiger partial charge on any atom is -0.319 e. The molecule has 1 N–H and O–H groups in total. The third-order valence-corrected chi connectivity index (χ3v) is 3.12. The van der Waals surface area contributed by atoms with Crippen LogP contribution >= 0.6 is 11.6 Å². The average Bonchev–Trinajstić information content (AvgIpc) is 2.66. The lowest BCUT2D eigenvalue weighted by Crippen LogP contribution is -2.13. The molecule has 0 radical (unpaired) electrons. The molecule has 0 atom stereocenters. The predicted octanol–water partition coefficient (Wildman–Crippen LogP) is 3.15. The van der Waals surface area contributed by atoms with E-state index in [0.29, 0.717) is 16.4 Å². The lowest BCUT2D eigenvalue weighted by molar-refractivity contribution is 0.102. The molecular weight excluding hydrogens is 276 g/mol. The molecule has 2 heterocycles. The summed E-state index contributed by atoms with van der Waals surface area (Å²) in [6.07, 6.45) is 1.76. The number of aryl methyl sites for hydroxylation is 2. The third kappa shape index (κ3) is 3.17. The summed E-state index contributed by atoms with van der Waals surface area (Å²) in [5, 5.41) is 7.34. The summed E-state index contributed by atoms with van der Waals surface area (Å²) in [5.41, 5.74) is 2.75. The van der Waals surface area contributed by atoms with E-state index in [1.54, 1.807) is 23.0 Å². The Labute approximate surface area is 123 Å². The molecule has 0 aliphatic heterocycles. The number of carbonyl (C=O) groups is 1. The summed E-state index contributed by atoms with van der Waals surface area (Å²) >= 11 is 5.97. The van der Waals surface area contributed by atoms with Crippen molar-refractivity contribution >= 4 is 23.2 Å². The van der Waals surface area contributed by atoms with Crippen molar-refractivity contribution in [2.75, 3.05) is 5.32 Å². The van der Waals surface area contributed by atoms with Crippen molar-refractivity contribution in [1.29, 1.82) is 0 Å². The molecule has 0 aliphatic carbocycles. The van der Waals surface area contributed by atoms with E-state index in [9.17, 15) is 4.79 Å². The Kier molecular flexibility index (Phi) is 4.09. The zero-order valence-corrected chi connectivity index (χ0v) is 12.7. The first kappa shape index (κ1) is 14.5. The summed E-state index contributed by atoms with van der Waals surface area (Å²) in [7, 11) is 1.81. The number of pyridine rings is 1. The van der Waals surface area contributed by atoms with Gasteiger partial charge in [0.15, 0.2) is 0 Å². The molecule has 20 heavy (non-hydrogen) atoms. The minimum absolute atomic E-state index is 0.209. The highest BCUT2D eigenvalue weighted by Gasteiger charge is 2.13. The number of carbonyl (C=O) groups excluding carboxylic acids is 1. The Morgan fingerprint density at radius 1 is 1.40 bits per heavy atom. The molecule has 2 rings (SSSR count). The number of nitrogens with one attached hydrogen (secondary N) is 1. The third-order valence-electron chi connectivity index (χ3n) is 2.93. The van der Waals surface area contributed by atoms with Crippen LogP contribution in [0.1, 0.15) is 41.5 Å². The van der Waals surface area contributed by atoms with Crippen LogP contribution in [0.5, 0.6) is 0 Å². The molecule has 0 bridgehead atoms.